The van der Waals surface area contributed by atoms with Crippen LogP contribution in [-0.2, 0) is 11.3 Å². The van der Waals surface area contributed by atoms with Crippen molar-refractivity contribution in [3.8, 4) is 0 Å². The Hall–Kier alpha value is -3.78. The second-order valence-electron chi connectivity index (χ2n) is 10.1. The van der Waals surface area contributed by atoms with Crippen molar-refractivity contribution in [2.75, 3.05) is 10.6 Å². The largest absolute Gasteiger partial charge is 0.324 e. The van der Waals surface area contributed by atoms with Crippen molar-refractivity contribution >= 4 is 46.6 Å². The number of hydrogen-bond acceptors (Lipinski definition) is 5. The molecule has 1 fully saturated rings. The van der Waals surface area contributed by atoms with E-state index in [4.69, 9.17) is 0 Å². The minimum absolute atomic E-state index is 0.0668. The number of ketones is 1. The molecule has 1 atom stereocenters. The maximum atomic E-state index is 13.8. The van der Waals surface area contributed by atoms with Gasteiger partial charge in [-0.05, 0) is 78.9 Å². The van der Waals surface area contributed by atoms with Crippen LogP contribution in [0.15, 0.2) is 58.9 Å². The molecule has 1 unspecified atom stereocenters. The number of para-hydroxylation sites is 1. The smallest absolute Gasteiger partial charge is 0.322 e. The van der Waals surface area contributed by atoms with Crippen molar-refractivity contribution in [1.82, 2.24) is 4.90 Å². The first-order valence-corrected chi connectivity index (χ1v) is 14.0. The Morgan fingerprint density at radius 1 is 1.11 bits per heavy atom. The zero-order valence-corrected chi connectivity index (χ0v) is 22.5. The number of amides is 3. The predicted octanol–water partition coefficient (Wildman–Crippen LogP) is 6.74. The monoisotopic (exact) mass is 528 g/mol. The normalized spacial score (nSPS) is 17.3. The van der Waals surface area contributed by atoms with Gasteiger partial charge in [-0.15, -0.1) is 11.3 Å². The van der Waals surface area contributed by atoms with Gasteiger partial charge < -0.3 is 10.6 Å². The Balaban J connectivity index is 1.46. The maximum absolute atomic E-state index is 13.8. The van der Waals surface area contributed by atoms with Crippen LogP contribution in [0.1, 0.15) is 76.9 Å². The summed E-state index contributed by atoms with van der Waals surface area (Å²) in [5, 5.41) is 7.76. The number of Topliss-reactive ketones (excluding diaryl/α,β-unsaturated/α-hetero) is 1. The molecule has 3 aromatic rings. The fourth-order valence-electron chi connectivity index (χ4n) is 5.34. The molecule has 1 aliphatic heterocycles. The van der Waals surface area contributed by atoms with E-state index >= 15 is 0 Å². The van der Waals surface area contributed by atoms with Crippen molar-refractivity contribution in [2.24, 2.45) is 4.99 Å². The topological polar surface area (TPSA) is 90.9 Å². The third-order valence-electron chi connectivity index (χ3n) is 7.20. The summed E-state index contributed by atoms with van der Waals surface area (Å²) in [7, 11) is 0. The van der Waals surface area contributed by atoms with E-state index in [9.17, 15) is 14.4 Å². The molecule has 1 aromatic heterocycles. The van der Waals surface area contributed by atoms with Crippen molar-refractivity contribution in [2.45, 2.75) is 64.6 Å². The molecule has 1 saturated carbocycles. The molecule has 0 saturated heterocycles. The fourth-order valence-corrected chi connectivity index (χ4v) is 6.15. The highest BCUT2D eigenvalue weighted by molar-refractivity contribution is 7.12. The van der Waals surface area contributed by atoms with Crippen LogP contribution in [0, 0.1) is 6.92 Å². The van der Waals surface area contributed by atoms with Gasteiger partial charge in [0, 0.05) is 23.2 Å². The molecule has 38 heavy (non-hydrogen) atoms. The number of thiophene rings is 1. The van der Waals surface area contributed by atoms with Crippen LogP contribution >= 0.6 is 11.3 Å². The first kappa shape index (κ1) is 25.9. The van der Waals surface area contributed by atoms with Gasteiger partial charge in [0.1, 0.15) is 0 Å². The number of hydrogen-bond donors (Lipinski definition) is 2. The molecular weight excluding hydrogens is 496 g/mol. The van der Waals surface area contributed by atoms with Crippen LogP contribution in [0.4, 0.5) is 16.2 Å². The summed E-state index contributed by atoms with van der Waals surface area (Å²) in [5.41, 5.74) is 5.10. The maximum Gasteiger partial charge on any atom is 0.324 e. The summed E-state index contributed by atoms with van der Waals surface area (Å²) < 4.78 is 0. The minimum atomic E-state index is -1.11. The minimum Gasteiger partial charge on any atom is -0.322 e. The molecule has 5 rings (SSSR count). The van der Waals surface area contributed by atoms with Gasteiger partial charge in [-0.1, -0.05) is 43.5 Å². The average molecular weight is 529 g/mol. The summed E-state index contributed by atoms with van der Waals surface area (Å²) in [5.74, 6) is 0.00977. The van der Waals surface area contributed by atoms with Crippen molar-refractivity contribution < 1.29 is 14.4 Å². The fraction of sp³-hybridized carbons (Fsp3) is 0.333. The van der Waals surface area contributed by atoms with Gasteiger partial charge >= 0.3 is 6.03 Å². The zero-order valence-electron chi connectivity index (χ0n) is 21.7. The van der Waals surface area contributed by atoms with Crippen LogP contribution in [0.2, 0.25) is 0 Å². The Labute approximate surface area is 227 Å². The molecule has 0 radical (unpaired) electrons. The van der Waals surface area contributed by atoms with Crippen LogP contribution in [0.3, 0.4) is 0 Å². The van der Waals surface area contributed by atoms with Gasteiger partial charge in [0.15, 0.2) is 5.78 Å². The summed E-state index contributed by atoms with van der Waals surface area (Å²) in [6, 6.07) is 14.9. The van der Waals surface area contributed by atoms with E-state index in [1.807, 2.05) is 42.6 Å². The highest BCUT2D eigenvalue weighted by atomic mass is 32.1. The van der Waals surface area contributed by atoms with E-state index in [1.165, 1.54) is 48.0 Å². The van der Waals surface area contributed by atoms with Crippen LogP contribution in [0.25, 0.3) is 0 Å². The van der Waals surface area contributed by atoms with Crippen molar-refractivity contribution in [3.63, 3.8) is 0 Å². The second kappa shape index (κ2) is 11.3. The highest BCUT2D eigenvalue weighted by Crippen LogP contribution is 2.34. The molecule has 196 valence electrons. The molecule has 0 bridgehead atoms. The summed E-state index contributed by atoms with van der Waals surface area (Å²) in [4.78, 5) is 45.9. The van der Waals surface area contributed by atoms with Gasteiger partial charge in [0.05, 0.1) is 11.4 Å². The molecule has 2 N–H and O–H groups in total. The van der Waals surface area contributed by atoms with E-state index in [1.54, 1.807) is 12.3 Å². The van der Waals surface area contributed by atoms with Crippen LogP contribution < -0.4 is 10.6 Å². The van der Waals surface area contributed by atoms with Gasteiger partial charge in [-0.25, -0.2) is 4.79 Å². The average Bonchev–Trinajstić information content (AvgIpc) is 3.31. The molecule has 1 aliphatic carbocycles. The lowest BCUT2D eigenvalue weighted by Crippen LogP contribution is -2.47. The first-order valence-electron chi connectivity index (χ1n) is 13.1. The quantitative estimate of drug-likeness (QED) is 0.347. The zero-order chi connectivity index (χ0) is 26.6. The number of anilines is 2. The number of fused-ring (bicyclic) bond motifs is 1. The predicted molar refractivity (Wildman–Crippen MR) is 152 cm³/mol. The molecule has 2 aromatic carbocycles. The van der Waals surface area contributed by atoms with E-state index in [2.05, 4.69) is 27.8 Å². The summed E-state index contributed by atoms with van der Waals surface area (Å²) >= 11 is 1.33. The van der Waals surface area contributed by atoms with Crippen LogP contribution in [0.5, 0.6) is 0 Å². The number of aryl methyl sites for hydroxylation is 1. The van der Waals surface area contributed by atoms with E-state index in [-0.39, 0.29) is 12.3 Å². The number of benzene rings is 2. The van der Waals surface area contributed by atoms with E-state index in [0.717, 1.165) is 24.0 Å². The Bertz CT molecular complexity index is 1390. The summed E-state index contributed by atoms with van der Waals surface area (Å²) in [6.07, 6.45) is 6.56. The van der Waals surface area contributed by atoms with Gasteiger partial charge in [0.25, 0.3) is 5.91 Å². The van der Waals surface area contributed by atoms with Crippen LogP contribution in [-0.4, -0.2) is 35.0 Å². The number of urea groups is 1. The third-order valence-corrected chi connectivity index (χ3v) is 8.26. The number of aliphatic imine (C=N–C) groups is 1. The molecule has 8 heteroatoms. The van der Waals surface area contributed by atoms with Gasteiger partial charge in [-0.2, -0.15) is 0 Å². The van der Waals surface area contributed by atoms with E-state index < -0.39 is 18.1 Å². The lowest BCUT2D eigenvalue weighted by Gasteiger charge is -2.28. The number of nitrogens with zero attached hydrogens (tertiary/aromatic N) is 2. The molecular formula is C30H32N4O3S. The van der Waals surface area contributed by atoms with Crippen molar-refractivity contribution in [3.05, 3.63) is 81.0 Å². The second-order valence-corrected chi connectivity index (χ2v) is 11.0. The number of carbonyl (C=O) groups is 3. The van der Waals surface area contributed by atoms with Gasteiger partial charge in [0.2, 0.25) is 6.17 Å². The number of rotatable bonds is 6. The molecule has 3 amide bonds. The number of nitrogens with one attached hydrogen (secondary N) is 2. The lowest BCUT2D eigenvalue weighted by atomic mass is 9.83. The van der Waals surface area contributed by atoms with E-state index in [0.29, 0.717) is 27.7 Å². The Morgan fingerprint density at radius 2 is 1.89 bits per heavy atom. The van der Waals surface area contributed by atoms with Crippen molar-refractivity contribution in [1.29, 1.82) is 0 Å². The molecule has 2 heterocycles. The SMILES string of the molecule is CC(=O)c1sccc1CN(C(=O)Nc1cc(C)cc(C2CCCCC2)c1)C1N=Cc2ccccc2NC1=O. The third kappa shape index (κ3) is 5.70. The first-order chi connectivity index (χ1) is 18.4. The molecule has 0 spiro atoms. The number of carbonyl (C=O) groups excluding carboxylic acids is 3. The lowest BCUT2D eigenvalue weighted by molar-refractivity contribution is -0.120. The molecule has 2 aliphatic rings. The highest BCUT2D eigenvalue weighted by Gasteiger charge is 2.32. The summed E-state index contributed by atoms with van der Waals surface area (Å²) in [6.45, 7) is 3.61. The Morgan fingerprint density at radius 3 is 2.68 bits per heavy atom. The molecule has 7 nitrogen and oxygen atoms in total. The van der Waals surface area contributed by atoms with Gasteiger partial charge in [-0.3, -0.25) is 19.5 Å². The Kier molecular flexibility index (Phi) is 7.69. The standard InChI is InChI=1S/C30H32N4O3S/c1-19-14-24(21-8-4-3-5-9-21)16-25(15-19)32-30(37)34(18-23-12-13-38-27(23)20(2)35)28-29(36)33-26-11-7-6-10-22(26)17-31-28/h6-7,10-17,21,28H,3-5,8-9,18H2,1-2H3,(H,32,37)(H,33,36). The number of benzodiazepines with no additional fused rings is 1.